The van der Waals surface area contributed by atoms with Crippen molar-refractivity contribution in [1.82, 2.24) is 4.90 Å². The van der Waals surface area contributed by atoms with Gasteiger partial charge in [-0.2, -0.15) is 0 Å². The summed E-state index contributed by atoms with van der Waals surface area (Å²) < 4.78 is 0. The minimum absolute atomic E-state index is 0.0435. The zero-order chi connectivity index (χ0) is 12.8. The second-order valence-electron chi connectivity index (χ2n) is 4.15. The number of hydrogen-bond acceptors (Lipinski definition) is 2. The van der Waals surface area contributed by atoms with Gasteiger partial charge in [-0.1, -0.05) is 28.1 Å². The number of phenolic OH excluding ortho intramolecular Hbond substituents is 1. The van der Waals surface area contributed by atoms with E-state index in [0.29, 0.717) is 12.1 Å². The third kappa shape index (κ3) is 3.73. The highest BCUT2D eigenvalue weighted by Gasteiger charge is 2.20. The molecule has 0 spiro atoms. The largest absolute Gasteiger partial charge is 0.507 e. The van der Waals surface area contributed by atoms with Crippen LogP contribution in [0.2, 0.25) is 0 Å². The van der Waals surface area contributed by atoms with Crippen LogP contribution in [-0.2, 0) is 0 Å². The third-order valence-electron chi connectivity index (χ3n) is 2.55. The van der Waals surface area contributed by atoms with Gasteiger partial charge in [-0.15, -0.1) is 0 Å². The first kappa shape index (κ1) is 14.0. The molecule has 0 heterocycles. The van der Waals surface area contributed by atoms with Gasteiger partial charge in [0.05, 0.1) is 5.56 Å². The van der Waals surface area contributed by atoms with E-state index in [1.54, 1.807) is 23.1 Å². The maximum absolute atomic E-state index is 12.3. The Hall–Kier alpha value is -1.03. The molecule has 1 amide bonds. The number of phenols is 1. The smallest absolute Gasteiger partial charge is 0.257 e. The average Bonchev–Trinajstić information content (AvgIpc) is 2.29. The SMILES string of the molecule is CC(C)N(CCCBr)C(=O)c1ccccc1O. The van der Waals surface area contributed by atoms with E-state index in [1.165, 1.54) is 6.07 Å². The molecule has 4 heteroatoms. The van der Waals surface area contributed by atoms with Gasteiger partial charge in [0.1, 0.15) is 5.75 Å². The van der Waals surface area contributed by atoms with Crippen LogP contribution in [0.5, 0.6) is 5.75 Å². The van der Waals surface area contributed by atoms with Crippen molar-refractivity contribution in [3.8, 4) is 5.75 Å². The Morgan fingerprint density at radius 3 is 2.59 bits per heavy atom. The molecule has 0 aliphatic carbocycles. The lowest BCUT2D eigenvalue weighted by Gasteiger charge is -2.26. The van der Waals surface area contributed by atoms with Gasteiger partial charge in [0, 0.05) is 17.9 Å². The summed E-state index contributed by atoms with van der Waals surface area (Å²) in [7, 11) is 0. The third-order valence-corrected chi connectivity index (χ3v) is 3.11. The Morgan fingerprint density at radius 2 is 2.06 bits per heavy atom. The van der Waals surface area contributed by atoms with Crippen molar-refractivity contribution in [2.24, 2.45) is 0 Å². The highest BCUT2D eigenvalue weighted by molar-refractivity contribution is 9.09. The standard InChI is InChI=1S/C13H18BrNO2/c1-10(2)15(9-5-8-14)13(17)11-6-3-4-7-12(11)16/h3-4,6-7,10,16H,5,8-9H2,1-2H3. The molecule has 0 aliphatic rings. The number of rotatable bonds is 5. The number of aromatic hydroxyl groups is 1. The van der Waals surface area contributed by atoms with E-state index in [2.05, 4.69) is 15.9 Å². The quantitative estimate of drug-likeness (QED) is 0.849. The van der Waals surface area contributed by atoms with Crippen molar-refractivity contribution in [2.45, 2.75) is 26.3 Å². The summed E-state index contributed by atoms with van der Waals surface area (Å²) >= 11 is 3.36. The van der Waals surface area contributed by atoms with Crippen molar-refractivity contribution in [1.29, 1.82) is 0 Å². The minimum atomic E-state index is -0.112. The summed E-state index contributed by atoms with van der Waals surface area (Å²) in [6, 6.07) is 6.79. The summed E-state index contributed by atoms with van der Waals surface area (Å²) in [6.07, 6.45) is 0.900. The van der Waals surface area contributed by atoms with Gasteiger partial charge in [0.15, 0.2) is 0 Å². The molecule has 0 unspecified atom stereocenters. The summed E-state index contributed by atoms with van der Waals surface area (Å²) in [5.41, 5.74) is 0.371. The summed E-state index contributed by atoms with van der Waals surface area (Å²) in [6.45, 7) is 4.65. The van der Waals surface area contributed by atoms with Gasteiger partial charge in [-0.05, 0) is 32.4 Å². The van der Waals surface area contributed by atoms with Gasteiger partial charge in [0.2, 0.25) is 0 Å². The van der Waals surface area contributed by atoms with Crippen molar-refractivity contribution >= 4 is 21.8 Å². The molecule has 0 radical (unpaired) electrons. The number of carbonyl (C=O) groups excluding carboxylic acids is 1. The zero-order valence-electron chi connectivity index (χ0n) is 10.2. The Bertz CT molecular complexity index is 379. The van der Waals surface area contributed by atoms with Crippen molar-refractivity contribution in [2.75, 3.05) is 11.9 Å². The van der Waals surface area contributed by atoms with E-state index in [-0.39, 0.29) is 17.7 Å². The Kier molecular flexibility index (Phi) is 5.48. The second kappa shape index (κ2) is 6.64. The lowest BCUT2D eigenvalue weighted by atomic mass is 10.1. The predicted molar refractivity (Wildman–Crippen MR) is 72.7 cm³/mol. The number of amides is 1. The maximum atomic E-state index is 12.3. The summed E-state index contributed by atoms with van der Waals surface area (Å²) in [5.74, 6) is -0.0685. The van der Waals surface area contributed by atoms with Crippen LogP contribution in [0.4, 0.5) is 0 Å². The van der Waals surface area contributed by atoms with E-state index >= 15 is 0 Å². The van der Waals surface area contributed by atoms with E-state index < -0.39 is 0 Å². The van der Waals surface area contributed by atoms with Gasteiger partial charge in [-0.3, -0.25) is 4.79 Å². The monoisotopic (exact) mass is 299 g/mol. The number of carbonyl (C=O) groups is 1. The van der Waals surface area contributed by atoms with Crippen LogP contribution in [0.1, 0.15) is 30.6 Å². The van der Waals surface area contributed by atoms with Crippen LogP contribution in [0.3, 0.4) is 0 Å². The first-order valence-electron chi connectivity index (χ1n) is 5.73. The van der Waals surface area contributed by atoms with Gasteiger partial charge < -0.3 is 10.0 Å². The number of alkyl halides is 1. The molecule has 0 aliphatic heterocycles. The van der Waals surface area contributed by atoms with E-state index in [9.17, 15) is 9.90 Å². The molecule has 1 aromatic carbocycles. The molecular formula is C13H18BrNO2. The Morgan fingerprint density at radius 1 is 1.41 bits per heavy atom. The van der Waals surface area contributed by atoms with Gasteiger partial charge in [0.25, 0.3) is 5.91 Å². The van der Waals surface area contributed by atoms with Gasteiger partial charge >= 0.3 is 0 Å². The molecule has 17 heavy (non-hydrogen) atoms. The topological polar surface area (TPSA) is 40.5 Å². The molecule has 0 saturated carbocycles. The number of halogens is 1. The molecule has 1 aromatic rings. The normalized spacial score (nSPS) is 10.6. The molecular weight excluding hydrogens is 282 g/mol. The van der Waals surface area contributed by atoms with E-state index in [0.717, 1.165) is 11.8 Å². The lowest BCUT2D eigenvalue weighted by Crippen LogP contribution is -2.37. The molecule has 0 bridgehead atoms. The molecule has 1 rings (SSSR count). The van der Waals surface area contributed by atoms with Crippen molar-refractivity contribution in [3.63, 3.8) is 0 Å². The van der Waals surface area contributed by atoms with Crippen molar-refractivity contribution in [3.05, 3.63) is 29.8 Å². The fourth-order valence-corrected chi connectivity index (χ4v) is 1.88. The number of nitrogens with zero attached hydrogens (tertiary/aromatic N) is 1. The van der Waals surface area contributed by atoms with Crippen LogP contribution in [0, 0.1) is 0 Å². The van der Waals surface area contributed by atoms with Crippen LogP contribution in [0.25, 0.3) is 0 Å². The number of hydrogen-bond donors (Lipinski definition) is 1. The first-order valence-corrected chi connectivity index (χ1v) is 6.85. The number of para-hydroxylation sites is 1. The fraction of sp³-hybridized carbons (Fsp3) is 0.462. The van der Waals surface area contributed by atoms with E-state index in [1.807, 2.05) is 13.8 Å². The molecule has 0 atom stereocenters. The number of benzene rings is 1. The molecule has 3 nitrogen and oxygen atoms in total. The van der Waals surface area contributed by atoms with Crippen molar-refractivity contribution < 1.29 is 9.90 Å². The Balaban J connectivity index is 2.88. The molecule has 0 aromatic heterocycles. The second-order valence-corrected chi connectivity index (χ2v) is 4.94. The van der Waals surface area contributed by atoms with Crippen LogP contribution >= 0.6 is 15.9 Å². The van der Waals surface area contributed by atoms with E-state index in [4.69, 9.17) is 0 Å². The molecule has 0 fully saturated rings. The zero-order valence-corrected chi connectivity index (χ0v) is 11.8. The first-order chi connectivity index (χ1) is 8.07. The van der Waals surface area contributed by atoms with Crippen LogP contribution in [0.15, 0.2) is 24.3 Å². The minimum Gasteiger partial charge on any atom is -0.507 e. The maximum Gasteiger partial charge on any atom is 0.257 e. The highest BCUT2D eigenvalue weighted by atomic mass is 79.9. The summed E-state index contributed by atoms with van der Waals surface area (Å²) in [4.78, 5) is 14.0. The average molecular weight is 300 g/mol. The highest BCUT2D eigenvalue weighted by Crippen LogP contribution is 2.19. The summed E-state index contributed by atoms with van der Waals surface area (Å²) in [5, 5.41) is 10.5. The molecule has 1 N–H and O–H groups in total. The van der Waals surface area contributed by atoms with Crippen LogP contribution < -0.4 is 0 Å². The fourth-order valence-electron chi connectivity index (χ4n) is 1.63. The van der Waals surface area contributed by atoms with Gasteiger partial charge in [-0.25, -0.2) is 0 Å². The predicted octanol–water partition coefficient (Wildman–Crippen LogP) is 3.03. The lowest BCUT2D eigenvalue weighted by molar-refractivity contribution is 0.0703. The Labute approximate surface area is 111 Å². The molecule has 94 valence electrons. The van der Waals surface area contributed by atoms with Crippen LogP contribution in [-0.4, -0.2) is 33.8 Å². The molecule has 0 saturated heterocycles.